The summed E-state index contributed by atoms with van der Waals surface area (Å²) < 4.78 is 0. The van der Waals surface area contributed by atoms with E-state index in [4.69, 9.17) is 0 Å². The van der Waals surface area contributed by atoms with Crippen LogP contribution in [-0.4, -0.2) is 23.2 Å². The van der Waals surface area contributed by atoms with Gasteiger partial charge in [-0.15, -0.1) is 0 Å². The lowest BCUT2D eigenvalue weighted by Crippen LogP contribution is -1.78. The van der Waals surface area contributed by atoms with Crippen molar-refractivity contribution in [1.29, 1.82) is 0 Å². The van der Waals surface area contributed by atoms with E-state index in [2.05, 4.69) is 15.0 Å². The predicted octanol–water partition coefficient (Wildman–Crippen LogP) is 0.767. The van der Waals surface area contributed by atoms with E-state index in [1.54, 1.807) is 19.5 Å². The van der Waals surface area contributed by atoms with Gasteiger partial charge >= 0.3 is 0 Å². The molecule has 3 nitrogen and oxygen atoms in total. The van der Waals surface area contributed by atoms with Crippen molar-refractivity contribution in [2.24, 2.45) is 4.99 Å². The van der Waals surface area contributed by atoms with Crippen LogP contribution in [0.1, 0.15) is 11.5 Å². The molecule has 1 aromatic heterocycles. The van der Waals surface area contributed by atoms with Crippen LogP contribution < -0.4 is 0 Å². The van der Waals surface area contributed by atoms with Gasteiger partial charge in [0, 0.05) is 13.3 Å². The molecule has 1 heterocycles. The van der Waals surface area contributed by atoms with Crippen molar-refractivity contribution in [3.63, 3.8) is 0 Å². The van der Waals surface area contributed by atoms with Crippen LogP contribution in [0.2, 0.25) is 0 Å². The monoisotopic (exact) mass is 123 g/mol. The average molecular weight is 123 g/mol. The van der Waals surface area contributed by atoms with Gasteiger partial charge in [0.2, 0.25) is 0 Å². The van der Waals surface area contributed by atoms with E-state index in [1.807, 2.05) is 6.92 Å². The fraction of sp³-hybridized carbons (Fsp3) is 0.333. The Labute approximate surface area is 53.9 Å². The number of nitrogens with one attached hydrogen (secondary N) is 1. The van der Waals surface area contributed by atoms with Crippen molar-refractivity contribution < 1.29 is 0 Å². The molecule has 1 aromatic rings. The zero-order valence-corrected chi connectivity index (χ0v) is 5.55. The molecular formula is C6H9N3. The molecule has 1 N–H and O–H groups in total. The van der Waals surface area contributed by atoms with Crippen LogP contribution in [-0.2, 0) is 0 Å². The molecule has 0 fully saturated rings. The average Bonchev–Trinajstić information content (AvgIpc) is 2.17. The van der Waals surface area contributed by atoms with Crippen LogP contribution in [0.15, 0.2) is 11.2 Å². The standard InChI is InChI=1S/C6H9N3/c1-5-8-4-6(9-5)3-7-2/h3-4H,1-2H3,(H,8,9). The molecule has 0 amide bonds. The quantitative estimate of drug-likeness (QED) is 0.550. The minimum Gasteiger partial charge on any atom is -0.341 e. The number of rotatable bonds is 1. The predicted molar refractivity (Wildman–Crippen MR) is 36.8 cm³/mol. The molecule has 0 saturated heterocycles. The summed E-state index contributed by atoms with van der Waals surface area (Å²) in [6.07, 6.45) is 3.49. The third-order valence-corrected chi connectivity index (χ3v) is 0.991. The van der Waals surface area contributed by atoms with E-state index >= 15 is 0 Å². The maximum absolute atomic E-state index is 3.99. The Morgan fingerprint density at radius 3 is 3.00 bits per heavy atom. The van der Waals surface area contributed by atoms with Gasteiger partial charge in [0.25, 0.3) is 0 Å². The van der Waals surface area contributed by atoms with Crippen LogP contribution in [0.5, 0.6) is 0 Å². The van der Waals surface area contributed by atoms with Gasteiger partial charge in [-0.1, -0.05) is 0 Å². The molecule has 0 unspecified atom stereocenters. The summed E-state index contributed by atoms with van der Waals surface area (Å²) in [5.74, 6) is 0.921. The first kappa shape index (κ1) is 6.01. The van der Waals surface area contributed by atoms with Gasteiger partial charge in [-0.2, -0.15) is 0 Å². The van der Waals surface area contributed by atoms with Crippen molar-refractivity contribution in [3.05, 3.63) is 17.7 Å². The number of aromatic nitrogens is 2. The molecule has 0 atom stereocenters. The zero-order chi connectivity index (χ0) is 6.69. The second-order valence-electron chi connectivity index (χ2n) is 1.81. The summed E-state index contributed by atoms with van der Waals surface area (Å²) in [7, 11) is 1.73. The van der Waals surface area contributed by atoms with Crippen LogP contribution in [0.3, 0.4) is 0 Å². The third kappa shape index (κ3) is 1.38. The molecule has 0 bridgehead atoms. The first-order chi connectivity index (χ1) is 4.33. The van der Waals surface area contributed by atoms with Crippen molar-refractivity contribution >= 4 is 6.21 Å². The van der Waals surface area contributed by atoms with E-state index in [0.717, 1.165) is 11.5 Å². The molecule has 0 spiro atoms. The first-order valence-corrected chi connectivity index (χ1v) is 2.76. The van der Waals surface area contributed by atoms with E-state index in [9.17, 15) is 0 Å². The van der Waals surface area contributed by atoms with Crippen molar-refractivity contribution in [3.8, 4) is 0 Å². The van der Waals surface area contributed by atoms with Crippen LogP contribution in [0.25, 0.3) is 0 Å². The number of imidazole rings is 1. The number of aryl methyl sites for hydroxylation is 1. The highest BCUT2D eigenvalue weighted by atomic mass is 14.9. The molecule has 0 aromatic carbocycles. The molecule has 0 radical (unpaired) electrons. The van der Waals surface area contributed by atoms with Gasteiger partial charge in [0.05, 0.1) is 11.9 Å². The topological polar surface area (TPSA) is 41.0 Å². The number of aliphatic imine (C=N–C) groups is 1. The fourth-order valence-electron chi connectivity index (χ4n) is 0.644. The lowest BCUT2D eigenvalue weighted by atomic mass is 10.5. The maximum atomic E-state index is 3.99. The number of aromatic amines is 1. The molecule has 48 valence electrons. The Morgan fingerprint density at radius 1 is 1.78 bits per heavy atom. The number of nitrogens with zero attached hydrogens (tertiary/aromatic N) is 2. The van der Waals surface area contributed by atoms with Crippen LogP contribution >= 0.6 is 0 Å². The minimum absolute atomic E-state index is 0.921. The zero-order valence-electron chi connectivity index (χ0n) is 5.55. The molecular weight excluding hydrogens is 114 g/mol. The maximum Gasteiger partial charge on any atom is 0.103 e. The summed E-state index contributed by atoms with van der Waals surface area (Å²) in [5.41, 5.74) is 0.954. The second kappa shape index (κ2) is 2.44. The first-order valence-electron chi connectivity index (χ1n) is 2.76. The van der Waals surface area contributed by atoms with Gasteiger partial charge in [0.15, 0.2) is 0 Å². The Morgan fingerprint density at radius 2 is 2.56 bits per heavy atom. The van der Waals surface area contributed by atoms with Gasteiger partial charge in [0.1, 0.15) is 5.82 Å². The van der Waals surface area contributed by atoms with Gasteiger partial charge in [-0.3, -0.25) is 4.99 Å². The van der Waals surface area contributed by atoms with Gasteiger partial charge < -0.3 is 4.98 Å². The summed E-state index contributed by atoms with van der Waals surface area (Å²) in [5, 5.41) is 0. The molecule has 0 saturated carbocycles. The normalized spacial score (nSPS) is 10.9. The molecule has 0 aliphatic rings. The highest BCUT2D eigenvalue weighted by Gasteiger charge is 1.88. The third-order valence-electron chi connectivity index (χ3n) is 0.991. The fourth-order valence-corrected chi connectivity index (χ4v) is 0.644. The smallest absolute Gasteiger partial charge is 0.103 e. The molecule has 0 aliphatic carbocycles. The SMILES string of the molecule is CN=Cc1cnc(C)[nH]1. The van der Waals surface area contributed by atoms with E-state index < -0.39 is 0 Å². The van der Waals surface area contributed by atoms with Crippen molar-refractivity contribution in [2.45, 2.75) is 6.92 Å². The second-order valence-corrected chi connectivity index (χ2v) is 1.81. The number of H-pyrrole nitrogens is 1. The lowest BCUT2D eigenvalue weighted by Gasteiger charge is -1.78. The summed E-state index contributed by atoms with van der Waals surface area (Å²) >= 11 is 0. The summed E-state index contributed by atoms with van der Waals surface area (Å²) in [6, 6.07) is 0. The Hall–Kier alpha value is -1.12. The summed E-state index contributed by atoms with van der Waals surface area (Å²) in [6.45, 7) is 1.91. The Kier molecular flexibility index (Phi) is 1.63. The Bertz CT molecular complexity index is 212. The van der Waals surface area contributed by atoms with E-state index in [1.165, 1.54) is 0 Å². The molecule has 3 heteroatoms. The lowest BCUT2D eigenvalue weighted by molar-refractivity contribution is 1.15. The summed E-state index contributed by atoms with van der Waals surface area (Å²) in [4.78, 5) is 10.8. The van der Waals surface area contributed by atoms with Crippen LogP contribution in [0.4, 0.5) is 0 Å². The number of hydrogen-bond acceptors (Lipinski definition) is 2. The van der Waals surface area contributed by atoms with E-state index in [0.29, 0.717) is 0 Å². The van der Waals surface area contributed by atoms with Crippen molar-refractivity contribution in [2.75, 3.05) is 7.05 Å². The minimum atomic E-state index is 0.921. The Balaban J connectivity index is 2.85. The highest BCUT2D eigenvalue weighted by Crippen LogP contribution is 1.89. The van der Waals surface area contributed by atoms with Gasteiger partial charge in [-0.05, 0) is 6.92 Å². The highest BCUT2D eigenvalue weighted by molar-refractivity contribution is 5.76. The van der Waals surface area contributed by atoms with E-state index in [-0.39, 0.29) is 0 Å². The molecule has 1 rings (SSSR count). The molecule has 9 heavy (non-hydrogen) atoms. The van der Waals surface area contributed by atoms with Crippen LogP contribution in [0, 0.1) is 6.92 Å². The number of hydrogen-bond donors (Lipinski definition) is 1. The molecule has 0 aliphatic heterocycles. The largest absolute Gasteiger partial charge is 0.341 e. The van der Waals surface area contributed by atoms with Gasteiger partial charge in [-0.25, -0.2) is 4.98 Å². The van der Waals surface area contributed by atoms with Crippen molar-refractivity contribution in [1.82, 2.24) is 9.97 Å².